The van der Waals surface area contributed by atoms with Crippen LogP contribution in [0.25, 0.3) is 11.2 Å². The highest BCUT2D eigenvalue weighted by molar-refractivity contribution is 7.53. The topological polar surface area (TPSA) is 129 Å². The molecule has 1 unspecified atom stereocenters. The van der Waals surface area contributed by atoms with Crippen LogP contribution in [-0.2, 0) is 29.2 Å². The van der Waals surface area contributed by atoms with Crippen molar-refractivity contribution in [2.75, 3.05) is 51.8 Å². The molecule has 0 aliphatic carbocycles. The maximum absolute atomic E-state index is 12.8. The van der Waals surface area contributed by atoms with E-state index in [2.05, 4.69) is 15.0 Å². The third kappa shape index (κ3) is 8.18. The Morgan fingerprint density at radius 2 is 1.65 bits per heavy atom. The molecule has 0 aliphatic heterocycles. The van der Waals surface area contributed by atoms with Crippen molar-refractivity contribution in [3.8, 4) is 0 Å². The quantitative estimate of drug-likeness (QED) is 0.289. The smallest absolute Gasteiger partial charge is 0.324 e. The van der Waals surface area contributed by atoms with Gasteiger partial charge in [0.25, 0.3) is 0 Å². The van der Waals surface area contributed by atoms with Crippen LogP contribution in [-0.4, -0.2) is 81.1 Å². The van der Waals surface area contributed by atoms with E-state index in [1.54, 1.807) is 27.1 Å². The Kier molecular flexibility index (Phi) is 10.5. The molecular weight excluding hydrogens is 468 g/mol. The Hall–Kier alpha value is -0.900. The predicted molar refractivity (Wildman–Crippen MR) is 119 cm³/mol. The first-order valence-corrected chi connectivity index (χ1v) is 14.0. The van der Waals surface area contributed by atoms with Crippen LogP contribution in [0.3, 0.4) is 0 Å². The fraction of sp³-hybridized carbons (Fsp3) is 0.706. The largest absolute Gasteiger partial charge is 0.331 e. The van der Waals surface area contributed by atoms with Crippen molar-refractivity contribution in [3.05, 3.63) is 17.8 Å². The lowest BCUT2D eigenvalue weighted by molar-refractivity contribution is 0.211. The third-order valence-corrected chi connectivity index (χ3v) is 8.14. The average Bonchev–Trinajstić information content (AvgIpc) is 3.12. The average molecular weight is 498 g/mol. The van der Waals surface area contributed by atoms with Crippen molar-refractivity contribution in [2.45, 2.75) is 27.3 Å². The van der Waals surface area contributed by atoms with Gasteiger partial charge in [0, 0.05) is 26.2 Å². The molecular formula is C17H30ClN5O6P2. The fourth-order valence-corrected chi connectivity index (χ4v) is 5.85. The van der Waals surface area contributed by atoms with E-state index in [9.17, 15) is 14.0 Å². The van der Waals surface area contributed by atoms with E-state index in [4.69, 9.17) is 25.2 Å². The van der Waals surface area contributed by atoms with E-state index in [1.807, 2.05) is 9.47 Å². The van der Waals surface area contributed by atoms with Crippen LogP contribution in [0.4, 0.5) is 0 Å². The second kappa shape index (κ2) is 12.4. The molecule has 0 radical (unpaired) electrons. The number of hydrogen-bond acceptors (Lipinski definition) is 9. The molecule has 14 heteroatoms. The zero-order valence-electron chi connectivity index (χ0n) is 18.0. The minimum Gasteiger partial charge on any atom is -0.324 e. The van der Waals surface area contributed by atoms with Crippen molar-refractivity contribution >= 4 is 38.0 Å². The van der Waals surface area contributed by atoms with Crippen LogP contribution < -0.4 is 0 Å². The Morgan fingerprint density at radius 1 is 1.00 bits per heavy atom. The highest BCUT2D eigenvalue weighted by atomic mass is 35.5. The first kappa shape index (κ1) is 26.4. The van der Waals surface area contributed by atoms with Crippen molar-refractivity contribution in [3.63, 3.8) is 0 Å². The lowest BCUT2D eigenvalue weighted by atomic mass is 10.4. The first-order chi connectivity index (χ1) is 14.7. The van der Waals surface area contributed by atoms with Gasteiger partial charge in [0.1, 0.15) is 11.8 Å². The van der Waals surface area contributed by atoms with Crippen LogP contribution >= 0.6 is 26.8 Å². The molecule has 1 N–H and O–H groups in total. The first-order valence-electron chi connectivity index (χ1n) is 10.1. The lowest BCUT2D eigenvalue weighted by Crippen LogP contribution is -2.33. The van der Waals surface area contributed by atoms with Gasteiger partial charge in [-0.15, -0.1) is 0 Å². The molecule has 2 heterocycles. The van der Waals surface area contributed by atoms with E-state index < -0.39 is 15.2 Å². The second-order valence-electron chi connectivity index (χ2n) is 6.57. The molecule has 2 aromatic heterocycles. The summed E-state index contributed by atoms with van der Waals surface area (Å²) in [6.45, 7) is 7.47. The summed E-state index contributed by atoms with van der Waals surface area (Å²) in [5.74, 6) is 0. The molecule has 2 rings (SSSR count). The van der Waals surface area contributed by atoms with E-state index in [0.717, 1.165) is 0 Å². The summed E-state index contributed by atoms with van der Waals surface area (Å²) in [5.41, 5.74) is 1.10. The van der Waals surface area contributed by atoms with Crippen LogP contribution in [0.15, 0.2) is 12.7 Å². The maximum Gasteiger partial charge on any atom is 0.331 e. The van der Waals surface area contributed by atoms with Crippen LogP contribution in [0.5, 0.6) is 0 Å². The molecule has 176 valence electrons. The summed E-state index contributed by atoms with van der Waals surface area (Å²) in [6.07, 6.45) is 3.10. The van der Waals surface area contributed by atoms with Gasteiger partial charge in [-0.25, -0.2) is 15.0 Å². The van der Waals surface area contributed by atoms with Crippen LogP contribution in [0.2, 0.25) is 5.15 Å². The summed E-state index contributed by atoms with van der Waals surface area (Å²) in [5, 5.41) is 0.271. The van der Waals surface area contributed by atoms with Gasteiger partial charge in [-0.3, -0.25) is 9.13 Å². The van der Waals surface area contributed by atoms with E-state index in [-0.39, 0.29) is 43.8 Å². The normalized spacial score (nSPS) is 14.4. The summed E-state index contributed by atoms with van der Waals surface area (Å²) in [6, 6.07) is 0. The minimum atomic E-state index is -3.70. The van der Waals surface area contributed by atoms with E-state index >= 15 is 0 Å². The van der Waals surface area contributed by atoms with Gasteiger partial charge in [-0.05, 0) is 20.8 Å². The standard InChI is InChI=1S/C17H30ClN5O6P2/c1-4-27-30(24,25)11-9-22(10-12-31(26,28-5-2)29-6-3)7-8-23-14-21-15-16(18)19-13-20-17(15)23/h13-14H,4-12H2,1-3H3,(H,24,25). The van der Waals surface area contributed by atoms with E-state index in [0.29, 0.717) is 30.8 Å². The van der Waals surface area contributed by atoms with Crippen molar-refractivity contribution < 1.29 is 27.6 Å². The predicted octanol–water partition coefficient (Wildman–Crippen LogP) is 3.27. The second-order valence-corrected chi connectivity index (χ2v) is 11.1. The van der Waals surface area contributed by atoms with Crippen LogP contribution in [0, 0.1) is 0 Å². The molecule has 2 aromatic rings. The molecule has 0 fully saturated rings. The lowest BCUT2D eigenvalue weighted by Gasteiger charge is -2.25. The summed E-state index contributed by atoms with van der Waals surface area (Å²) in [4.78, 5) is 24.2. The van der Waals surface area contributed by atoms with Gasteiger partial charge in [-0.1, -0.05) is 11.6 Å². The third-order valence-electron chi connectivity index (χ3n) is 4.39. The van der Waals surface area contributed by atoms with Crippen molar-refractivity contribution in [1.82, 2.24) is 24.4 Å². The molecule has 0 aromatic carbocycles. The number of imidazole rings is 1. The Labute approximate surface area is 187 Å². The number of hydrogen-bond donors (Lipinski definition) is 1. The van der Waals surface area contributed by atoms with Crippen LogP contribution in [0.1, 0.15) is 20.8 Å². The maximum atomic E-state index is 12.8. The summed E-state index contributed by atoms with van der Waals surface area (Å²) in [7, 11) is -6.94. The molecule has 0 aliphatic rings. The van der Waals surface area contributed by atoms with E-state index in [1.165, 1.54) is 6.33 Å². The highest BCUT2D eigenvalue weighted by Crippen LogP contribution is 2.48. The number of rotatable bonds is 15. The number of aromatic nitrogens is 4. The van der Waals surface area contributed by atoms with Gasteiger partial charge in [0.05, 0.1) is 38.5 Å². The molecule has 0 saturated carbocycles. The zero-order chi connectivity index (χ0) is 22.9. The SMILES string of the molecule is CCOP(=O)(O)CCN(CCn1cnc2c(Cl)ncnc21)CCP(=O)(OCC)OCC. The number of nitrogens with zero attached hydrogens (tertiary/aromatic N) is 5. The minimum absolute atomic E-state index is 0.0485. The Balaban J connectivity index is 2.09. The Bertz CT molecular complexity index is 920. The Morgan fingerprint density at radius 3 is 2.29 bits per heavy atom. The molecule has 11 nitrogen and oxygen atoms in total. The van der Waals surface area contributed by atoms with Gasteiger partial charge < -0.3 is 27.9 Å². The fourth-order valence-electron chi connectivity index (χ4n) is 2.96. The summed E-state index contributed by atoms with van der Waals surface area (Å²) < 4.78 is 42.4. The molecule has 0 spiro atoms. The monoisotopic (exact) mass is 497 g/mol. The van der Waals surface area contributed by atoms with Gasteiger partial charge in [-0.2, -0.15) is 0 Å². The highest BCUT2D eigenvalue weighted by Gasteiger charge is 2.26. The molecule has 0 saturated heterocycles. The zero-order valence-corrected chi connectivity index (χ0v) is 20.6. The molecule has 1 atom stereocenters. The summed E-state index contributed by atoms with van der Waals surface area (Å²) >= 11 is 6.05. The number of halogens is 1. The number of fused-ring (bicyclic) bond motifs is 1. The van der Waals surface area contributed by atoms with Crippen molar-refractivity contribution in [1.29, 1.82) is 0 Å². The van der Waals surface area contributed by atoms with Gasteiger partial charge >= 0.3 is 15.2 Å². The molecule has 31 heavy (non-hydrogen) atoms. The van der Waals surface area contributed by atoms with Gasteiger partial charge in [0.2, 0.25) is 0 Å². The van der Waals surface area contributed by atoms with Gasteiger partial charge in [0.15, 0.2) is 10.8 Å². The molecule has 0 amide bonds. The molecule has 0 bridgehead atoms. The van der Waals surface area contributed by atoms with Crippen molar-refractivity contribution in [2.24, 2.45) is 0 Å².